The topological polar surface area (TPSA) is 26.1 Å². The summed E-state index contributed by atoms with van der Waals surface area (Å²) in [7, 11) is 2.02. The Hall–Kier alpha value is 1.02. The van der Waals surface area contributed by atoms with Crippen LogP contribution in [-0.4, -0.2) is 26.2 Å². The quantitative estimate of drug-likeness (QED) is 0.666. The molecule has 1 saturated heterocycles. The minimum absolute atomic E-state index is 0. The Morgan fingerprint density at radius 3 is 2.22 bits per heavy atom. The summed E-state index contributed by atoms with van der Waals surface area (Å²) >= 11 is 0. The maximum atomic E-state index is 4.24. The summed E-state index contributed by atoms with van der Waals surface area (Å²) in [6.07, 6.45) is 2.47. The van der Waals surface area contributed by atoms with Crippen molar-refractivity contribution in [2.75, 3.05) is 20.1 Å². The average molecular weight is 202 g/mol. The predicted molar refractivity (Wildman–Crippen MR) is 35.2 cm³/mol. The van der Waals surface area contributed by atoms with E-state index in [9.17, 15) is 0 Å². The summed E-state index contributed by atoms with van der Waals surface area (Å²) in [5.74, 6) is 0. The molecule has 0 aromatic carbocycles. The Balaban J connectivity index is 0.000000640. The molecule has 9 heavy (non-hydrogen) atoms. The molecule has 0 aromatic rings. The van der Waals surface area contributed by atoms with Gasteiger partial charge in [-0.05, 0) is 7.05 Å². The van der Waals surface area contributed by atoms with Crippen LogP contribution in [0.5, 0.6) is 0 Å². The van der Waals surface area contributed by atoms with Gasteiger partial charge >= 0.3 is 0 Å². The van der Waals surface area contributed by atoms with Crippen molar-refractivity contribution >= 4 is 0 Å². The first-order valence-corrected chi connectivity index (χ1v) is 3.24. The summed E-state index contributed by atoms with van der Waals surface area (Å²) in [5.41, 5.74) is 0. The van der Waals surface area contributed by atoms with Gasteiger partial charge in [0, 0.05) is 38.8 Å². The van der Waals surface area contributed by atoms with Gasteiger partial charge < -0.3 is 10.6 Å². The molecule has 1 aliphatic heterocycles. The summed E-state index contributed by atoms with van der Waals surface area (Å²) in [5, 5.41) is 7.48. The third-order valence-electron chi connectivity index (χ3n) is 1.68. The molecule has 0 amide bonds. The third kappa shape index (κ3) is 3.66. The van der Waals surface area contributed by atoms with Crippen LogP contribution in [0.25, 0.3) is 5.32 Å². The Kier molecular flexibility index (Phi) is 6.44. The Bertz CT molecular complexity index is 62.1. The Morgan fingerprint density at radius 2 is 1.89 bits per heavy atom. The Morgan fingerprint density at radius 1 is 1.33 bits per heavy atom. The number of nitrogens with zero attached hydrogens (tertiary/aromatic N) is 1. The van der Waals surface area contributed by atoms with Crippen LogP contribution < -0.4 is 5.32 Å². The van der Waals surface area contributed by atoms with Gasteiger partial charge in [0.2, 0.25) is 0 Å². The summed E-state index contributed by atoms with van der Waals surface area (Å²) in [4.78, 5) is 0. The molecule has 1 radical (unpaired) electrons. The molecule has 0 aliphatic carbocycles. The van der Waals surface area contributed by atoms with E-state index in [1.807, 2.05) is 7.05 Å². The fourth-order valence-corrected chi connectivity index (χ4v) is 1.04. The molecule has 0 saturated carbocycles. The smallest absolute Gasteiger partial charge is 0.00313 e. The van der Waals surface area contributed by atoms with Crippen molar-refractivity contribution in [3.05, 3.63) is 5.32 Å². The monoisotopic (exact) mass is 202 g/mol. The molecular formula is C6H13N2Y-. The predicted octanol–water partition coefficient (Wildman–Crippen LogP) is 0.739. The molecule has 1 fully saturated rings. The van der Waals surface area contributed by atoms with Crippen molar-refractivity contribution in [3.63, 3.8) is 0 Å². The zero-order valence-corrected chi connectivity index (χ0v) is 8.77. The minimum Gasteiger partial charge on any atom is -0.662 e. The van der Waals surface area contributed by atoms with Crippen LogP contribution in [0.4, 0.5) is 0 Å². The minimum atomic E-state index is 0. The van der Waals surface area contributed by atoms with Crippen LogP contribution in [-0.2, 0) is 32.7 Å². The van der Waals surface area contributed by atoms with Gasteiger partial charge in [0.1, 0.15) is 0 Å². The van der Waals surface area contributed by atoms with Crippen molar-refractivity contribution < 1.29 is 32.7 Å². The molecule has 0 aromatic heterocycles. The van der Waals surface area contributed by atoms with E-state index in [4.69, 9.17) is 0 Å². The SMILES string of the molecule is CNC1CC[N-]CC1.[Y]. The van der Waals surface area contributed by atoms with E-state index in [2.05, 4.69) is 10.6 Å². The second-order valence-electron chi connectivity index (χ2n) is 2.23. The summed E-state index contributed by atoms with van der Waals surface area (Å²) < 4.78 is 0. The van der Waals surface area contributed by atoms with Crippen molar-refractivity contribution in [1.82, 2.24) is 5.32 Å². The van der Waals surface area contributed by atoms with Crippen molar-refractivity contribution in [1.29, 1.82) is 0 Å². The zero-order chi connectivity index (χ0) is 5.82. The van der Waals surface area contributed by atoms with E-state index in [-0.39, 0.29) is 32.7 Å². The van der Waals surface area contributed by atoms with Gasteiger partial charge in [0.25, 0.3) is 0 Å². The third-order valence-corrected chi connectivity index (χ3v) is 1.68. The van der Waals surface area contributed by atoms with Crippen LogP contribution in [0, 0.1) is 0 Å². The molecule has 1 N–H and O–H groups in total. The van der Waals surface area contributed by atoms with Gasteiger partial charge in [-0.1, -0.05) is 12.8 Å². The molecule has 1 heterocycles. The second kappa shape index (κ2) is 5.78. The van der Waals surface area contributed by atoms with Crippen molar-refractivity contribution in [3.8, 4) is 0 Å². The van der Waals surface area contributed by atoms with E-state index in [1.165, 1.54) is 12.8 Å². The molecule has 2 nitrogen and oxygen atoms in total. The normalized spacial score (nSPS) is 21.0. The Labute approximate surface area is 82.0 Å². The number of hydrogen-bond acceptors (Lipinski definition) is 1. The first-order valence-electron chi connectivity index (χ1n) is 3.24. The first kappa shape index (κ1) is 10.0. The fourth-order valence-electron chi connectivity index (χ4n) is 1.04. The molecule has 0 spiro atoms. The number of hydrogen-bond donors (Lipinski definition) is 1. The molecule has 1 rings (SSSR count). The van der Waals surface area contributed by atoms with Gasteiger partial charge in [-0.3, -0.25) is 0 Å². The fraction of sp³-hybridized carbons (Fsp3) is 1.00. The van der Waals surface area contributed by atoms with E-state index in [1.54, 1.807) is 0 Å². The van der Waals surface area contributed by atoms with Crippen LogP contribution >= 0.6 is 0 Å². The van der Waals surface area contributed by atoms with Gasteiger partial charge in [0.15, 0.2) is 0 Å². The van der Waals surface area contributed by atoms with Crippen LogP contribution in [0.2, 0.25) is 0 Å². The number of rotatable bonds is 1. The van der Waals surface area contributed by atoms with E-state index < -0.39 is 0 Å². The standard InChI is InChI=1S/C6H13N2.Y/c1-7-6-2-4-8-5-3-6;/h6-7H,2-5H2,1H3;/q-1;. The molecule has 51 valence electrons. The van der Waals surface area contributed by atoms with Crippen molar-refractivity contribution in [2.24, 2.45) is 0 Å². The average Bonchev–Trinajstić information content (AvgIpc) is 1.90. The van der Waals surface area contributed by atoms with Gasteiger partial charge in [-0.15, -0.1) is 13.1 Å². The maximum Gasteiger partial charge on any atom is 0.00313 e. The van der Waals surface area contributed by atoms with E-state index in [0.29, 0.717) is 0 Å². The first-order chi connectivity index (χ1) is 3.93. The van der Waals surface area contributed by atoms with Gasteiger partial charge in [0.05, 0.1) is 0 Å². The maximum absolute atomic E-state index is 4.24. The molecule has 1 aliphatic rings. The van der Waals surface area contributed by atoms with E-state index >= 15 is 0 Å². The number of nitrogens with one attached hydrogen (secondary N) is 1. The molecular weight excluding hydrogens is 189 g/mol. The van der Waals surface area contributed by atoms with Crippen LogP contribution in [0.3, 0.4) is 0 Å². The summed E-state index contributed by atoms with van der Waals surface area (Å²) in [6, 6.07) is 0.743. The van der Waals surface area contributed by atoms with E-state index in [0.717, 1.165) is 19.1 Å². The van der Waals surface area contributed by atoms with Crippen LogP contribution in [0.15, 0.2) is 0 Å². The van der Waals surface area contributed by atoms with Gasteiger partial charge in [-0.2, -0.15) is 0 Å². The molecule has 0 unspecified atom stereocenters. The molecule has 3 heteroatoms. The molecule has 0 atom stereocenters. The number of piperidine rings is 1. The van der Waals surface area contributed by atoms with Crippen molar-refractivity contribution in [2.45, 2.75) is 18.9 Å². The summed E-state index contributed by atoms with van der Waals surface area (Å²) in [6.45, 7) is 2.12. The zero-order valence-electron chi connectivity index (χ0n) is 5.93. The largest absolute Gasteiger partial charge is 0.662 e. The van der Waals surface area contributed by atoms with Crippen LogP contribution in [0.1, 0.15) is 12.8 Å². The molecule has 0 bridgehead atoms. The van der Waals surface area contributed by atoms with Gasteiger partial charge in [-0.25, -0.2) is 0 Å². The second-order valence-corrected chi connectivity index (χ2v) is 2.23.